The highest BCUT2D eigenvalue weighted by atomic mass is 35.5. The topological polar surface area (TPSA) is 110 Å². The first-order valence-corrected chi connectivity index (χ1v) is 10.4. The van der Waals surface area contributed by atoms with Crippen molar-refractivity contribution in [1.82, 2.24) is 9.97 Å². The Hall–Kier alpha value is -2.84. The minimum absolute atomic E-state index is 0.188. The molecule has 1 heterocycles. The second kappa shape index (κ2) is 8.04. The van der Waals surface area contributed by atoms with Gasteiger partial charge in [0.25, 0.3) is 0 Å². The fourth-order valence-electron chi connectivity index (χ4n) is 2.41. The van der Waals surface area contributed by atoms with Gasteiger partial charge in [0.1, 0.15) is 5.02 Å². The predicted octanol–water partition coefficient (Wildman–Crippen LogP) is 4.38. The summed E-state index contributed by atoms with van der Waals surface area (Å²) in [5, 5.41) is 5.77. The zero-order valence-corrected chi connectivity index (χ0v) is 16.9. The quantitative estimate of drug-likeness (QED) is 0.510. The lowest BCUT2D eigenvalue weighted by Crippen LogP contribution is -2.15. The molecular weight excluding hydrogens is 398 g/mol. The van der Waals surface area contributed by atoms with Gasteiger partial charge in [-0.1, -0.05) is 23.7 Å². The van der Waals surface area contributed by atoms with E-state index in [2.05, 4.69) is 20.6 Å². The van der Waals surface area contributed by atoms with E-state index in [-0.39, 0.29) is 9.92 Å². The Labute approximate surface area is 168 Å². The van der Waals surface area contributed by atoms with E-state index in [1.807, 2.05) is 0 Å². The summed E-state index contributed by atoms with van der Waals surface area (Å²) in [6.45, 7) is 3.27. The van der Waals surface area contributed by atoms with Gasteiger partial charge in [0.15, 0.2) is 15.7 Å². The monoisotopic (exact) mass is 417 g/mol. The molecule has 3 aromatic rings. The maximum absolute atomic E-state index is 12.6. The van der Waals surface area contributed by atoms with E-state index in [4.69, 9.17) is 17.3 Å². The number of rotatable bonds is 6. The van der Waals surface area contributed by atoms with Crippen LogP contribution in [0.15, 0.2) is 59.6 Å². The predicted molar refractivity (Wildman–Crippen MR) is 113 cm³/mol. The highest BCUT2D eigenvalue weighted by Gasteiger charge is 2.23. The Kier molecular flexibility index (Phi) is 5.71. The van der Waals surface area contributed by atoms with Gasteiger partial charge < -0.3 is 16.4 Å². The van der Waals surface area contributed by atoms with Crippen LogP contribution in [-0.4, -0.2) is 23.6 Å². The van der Waals surface area contributed by atoms with Crippen molar-refractivity contribution in [3.05, 3.63) is 59.8 Å². The Bertz CT molecular complexity index is 1090. The van der Waals surface area contributed by atoms with E-state index in [9.17, 15) is 8.42 Å². The Morgan fingerprint density at radius 1 is 1.04 bits per heavy atom. The molecule has 28 heavy (non-hydrogen) atoms. The molecule has 2 aromatic carbocycles. The van der Waals surface area contributed by atoms with Crippen molar-refractivity contribution in [2.24, 2.45) is 0 Å². The number of hydrogen-bond donors (Lipinski definition) is 3. The van der Waals surface area contributed by atoms with Crippen LogP contribution in [0.5, 0.6) is 0 Å². The number of halogens is 1. The summed E-state index contributed by atoms with van der Waals surface area (Å²) in [5.41, 5.74) is 7.48. The van der Waals surface area contributed by atoms with Gasteiger partial charge in [-0.3, -0.25) is 0 Å². The van der Waals surface area contributed by atoms with Crippen LogP contribution in [0.4, 0.5) is 28.8 Å². The fraction of sp³-hybridized carbons (Fsp3) is 0.158. The van der Waals surface area contributed by atoms with Crippen LogP contribution in [0, 0.1) is 0 Å². The van der Waals surface area contributed by atoms with Gasteiger partial charge >= 0.3 is 0 Å². The second-order valence-electron chi connectivity index (χ2n) is 6.35. The molecule has 0 aliphatic rings. The summed E-state index contributed by atoms with van der Waals surface area (Å²) in [7, 11) is -3.48. The fourth-order valence-corrected chi connectivity index (χ4v) is 3.75. The first-order chi connectivity index (χ1) is 13.3. The van der Waals surface area contributed by atoms with E-state index in [1.54, 1.807) is 62.4 Å². The summed E-state index contributed by atoms with van der Waals surface area (Å²) in [4.78, 5) is 8.70. The molecular formula is C19H20ClN5O2S. The van der Waals surface area contributed by atoms with Crippen molar-refractivity contribution in [2.45, 2.75) is 24.0 Å². The number of nitrogens with one attached hydrogen (secondary N) is 2. The van der Waals surface area contributed by atoms with Crippen molar-refractivity contribution in [2.75, 3.05) is 16.4 Å². The largest absolute Gasteiger partial charge is 0.399 e. The summed E-state index contributed by atoms with van der Waals surface area (Å²) < 4.78 is 25.3. The van der Waals surface area contributed by atoms with Gasteiger partial charge in [0.05, 0.1) is 22.0 Å². The third-order valence-electron chi connectivity index (χ3n) is 3.98. The van der Waals surface area contributed by atoms with Gasteiger partial charge in [0, 0.05) is 11.4 Å². The van der Waals surface area contributed by atoms with Gasteiger partial charge in [-0.15, -0.1) is 0 Å². The third kappa shape index (κ3) is 4.35. The molecule has 0 unspecified atom stereocenters. The van der Waals surface area contributed by atoms with Crippen LogP contribution in [0.3, 0.4) is 0 Å². The van der Waals surface area contributed by atoms with Crippen molar-refractivity contribution < 1.29 is 8.42 Å². The van der Waals surface area contributed by atoms with Gasteiger partial charge in [-0.25, -0.2) is 13.4 Å². The summed E-state index contributed by atoms with van der Waals surface area (Å²) in [6.07, 6.45) is 1.44. The molecule has 0 fully saturated rings. The summed E-state index contributed by atoms with van der Waals surface area (Å²) >= 11 is 6.22. The molecule has 0 saturated carbocycles. The molecule has 0 atom stereocenters. The van der Waals surface area contributed by atoms with Crippen LogP contribution >= 0.6 is 11.6 Å². The van der Waals surface area contributed by atoms with E-state index >= 15 is 0 Å². The van der Waals surface area contributed by atoms with E-state index < -0.39 is 15.1 Å². The molecule has 3 rings (SSSR count). The number of aromatic nitrogens is 2. The molecule has 0 spiro atoms. The number of nitrogens with two attached hydrogens (primary N) is 1. The third-order valence-corrected chi connectivity index (χ3v) is 6.47. The lowest BCUT2D eigenvalue weighted by atomic mass is 10.3. The van der Waals surface area contributed by atoms with Crippen molar-refractivity contribution in [3.63, 3.8) is 0 Å². The summed E-state index contributed by atoms with van der Waals surface area (Å²) in [6, 6.07) is 13.7. The van der Waals surface area contributed by atoms with Gasteiger partial charge in [0.2, 0.25) is 5.95 Å². The van der Waals surface area contributed by atoms with Crippen LogP contribution < -0.4 is 16.4 Å². The molecule has 4 N–H and O–H groups in total. The number of benzene rings is 2. The standard InChI is InChI=1S/C19H20ClN5O2S/c1-12(2)28(26,27)17-6-4-3-5-16(17)24-18-15(20)11-22-19(25-18)23-14-9-7-13(21)8-10-14/h3-12H,21H2,1-2H3,(H2,22,23,24,25). The number of sulfone groups is 1. The number of para-hydroxylation sites is 1. The average molecular weight is 418 g/mol. The van der Waals surface area contributed by atoms with Crippen molar-refractivity contribution in [1.29, 1.82) is 0 Å². The van der Waals surface area contributed by atoms with Crippen LogP contribution in [0.25, 0.3) is 0 Å². The lowest BCUT2D eigenvalue weighted by molar-refractivity contribution is 0.588. The first-order valence-electron chi connectivity index (χ1n) is 8.52. The molecule has 7 nitrogen and oxygen atoms in total. The Balaban J connectivity index is 1.92. The van der Waals surface area contributed by atoms with E-state index in [0.717, 1.165) is 5.69 Å². The summed E-state index contributed by atoms with van der Waals surface area (Å²) in [5.74, 6) is 0.599. The first kappa shape index (κ1) is 19.9. The SMILES string of the molecule is CC(C)S(=O)(=O)c1ccccc1Nc1nc(Nc2ccc(N)cc2)ncc1Cl. The highest BCUT2D eigenvalue weighted by Crippen LogP contribution is 2.30. The number of hydrogen-bond acceptors (Lipinski definition) is 7. The Morgan fingerprint density at radius 3 is 2.39 bits per heavy atom. The molecule has 0 amide bonds. The van der Waals surface area contributed by atoms with Crippen LogP contribution in [-0.2, 0) is 9.84 Å². The second-order valence-corrected chi connectivity index (χ2v) is 9.23. The number of nitrogen functional groups attached to an aromatic ring is 1. The van der Waals surface area contributed by atoms with Crippen molar-refractivity contribution >= 4 is 50.3 Å². The van der Waals surface area contributed by atoms with E-state index in [0.29, 0.717) is 23.1 Å². The normalized spacial score (nSPS) is 11.4. The minimum atomic E-state index is -3.48. The number of anilines is 5. The minimum Gasteiger partial charge on any atom is -0.399 e. The lowest BCUT2D eigenvalue weighted by Gasteiger charge is -2.15. The molecule has 146 valence electrons. The average Bonchev–Trinajstić information content (AvgIpc) is 2.66. The molecule has 0 aliphatic heterocycles. The smallest absolute Gasteiger partial charge is 0.229 e. The molecule has 1 aromatic heterocycles. The maximum atomic E-state index is 12.6. The molecule has 0 aliphatic carbocycles. The van der Waals surface area contributed by atoms with Gasteiger partial charge in [-0.2, -0.15) is 4.98 Å². The zero-order valence-electron chi connectivity index (χ0n) is 15.3. The Morgan fingerprint density at radius 2 is 1.71 bits per heavy atom. The zero-order chi connectivity index (χ0) is 20.3. The molecule has 0 saturated heterocycles. The van der Waals surface area contributed by atoms with Crippen molar-refractivity contribution in [3.8, 4) is 0 Å². The van der Waals surface area contributed by atoms with Crippen LogP contribution in [0.1, 0.15) is 13.8 Å². The molecule has 9 heteroatoms. The van der Waals surface area contributed by atoms with Crippen LogP contribution in [0.2, 0.25) is 5.02 Å². The van der Waals surface area contributed by atoms with E-state index in [1.165, 1.54) is 6.20 Å². The number of nitrogens with zero attached hydrogens (tertiary/aromatic N) is 2. The maximum Gasteiger partial charge on any atom is 0.229 e. The highest BCUT2D eigenvalue weighted by molar-refractivity contribution is 7.92. The van der Waals surface area contributed by atoms with Gasteiger partial charge in [-0.05, 0) is 50.2 Å². The molecule has 0 bridgehead atoms. The molecule has 0 radical (unpaired) electrons.